The van der Waals surface area contributed by atoms with Crippen LogP contribution < -0.4 is 10.7 Å². The maximum atomic E-state index is 14.2. The molecule has 1 heterocycles. The van der Waals surface area contributed by atoms with Crippen LogP contribution in [0.3, 0.4) is 0 Å². The predicted octanol–water partition coefficient (Wildman–Crippen LogP) is 3.81. The Kier molecular flexibility index (Phi) is 5.68. The molecule has 0 radical (unpaired) electrons. The van der Waals surface area contributed by atoms with E-state index in [1.165, 1.54) is 16.8 Å². The van der Waals surface area contributed by atoms with Crippen molar-refractivity contribution in [2.45, 2.75) is 26.8 Å². The van der Waals surface area contributed by atoms with Gasteiger partial charge in [-0.15, -0.1) is 0 Å². The third-order valence-electron chi connectivity index (χ3n) is 4.52. The third-order valence-corrected chi connectivity index (χ3v) is 4.52. The Morgan fingerprint density at radius 1 is 1.07 bits per heavy atom. The molecule has 0 aliphatic heterocycles. The summed E-state index contributed by atoms with van der Waals surface area (Å²) in [6, 6.07) is 16.6. The Hall–Kier alpha value is -3.28. The van der Waals surface area contributed by atoms with Crippen molar-refractivity contribution in [3.05, 3.63) is 93.7 Å². The van der Waals surface area contributed by atoms with E-state index in [1.54, 1.807) is 25.1 Å². The van der Waals surface area contributed by atoms with Crippen LogP contribution in [-0.4, -0.2) is 15.7 Å². The van der Waals surface area contributed by atoms with E-state index in [4.69, 9.17) is 0 Å². The van der Waals surface area contributed by atoms with Crippen LogP contribution in [0.25, 0.3) is 5.69 Å². The van der Waals surface area contributed by atoms with E-state index in [2.05, 4.69) is 10.4 Å². The molecule has 0 aliphatic carbocycles. The number of nitrogens with zero attached hydrogens (tertiary/aromatic N) is 2. The molecule has 5 nitrogen and oxygen atoms in total. The highest BCUT2D eigenvalue weighted by Crippen LogP contribution is 2.21. The van der Waals surface area contributed by atoms with Gasteiger partial charge in [0.25, 0.3) is 5.91 Å². The highest BCUT2D eigenvalue weighted by Gasteiger charge is 2.22. The summed E-state index contributed by atoms with van der Waals surface area (Å²) < 4.78 is 15.5. The molecule has 0 saturated carbocycles. The average Bonchev–Trinajstić information content (AvgIpc) is 2.67. The van der Waals surface area contributed by atoms with Gasteiger partial charge in [0.1, 0.15) is 11.5 Å². The van der Waals surface area contributed by atoms with Crippen LogP contribution in [0.5, 0.6) is 0 Å². The van der Waals surface area contributed by atoms with Crippen LogP contribution in [0.2, 0.25) is 0 Å². The first-order valence-electron chi connectivity index (χ1n) is 9.10. The molecule has 0 saturated heterocycles. The minimum Gasteiger partial charge on any atom is -0.343 e. The summed E-state index contributed by atoms with van der Waals surface area (Å²) in [6.45, 7) is 5.61. The van der Waals surface area contributed by atoms with Crippen LogP contribution >= 0.6 is 0 Å². The first-order chi connectivity index (χ1) is 13.4. The summed E-state index contributed by atoms with van der Waals surface area (Å²) in [5.41, 5.74) is 0.786. The van der Waals surface area contributed by atoms with Gasteiger partial charge in [0.15, 0.2) is 5.69 Å². The minimum atomic E-state index is -0.586. The van der Waals surface area contributed by atoms with Crippen LogP contribution in [0, 0.1) is 18.7 Å². The van der Waals surface area contributed by atoms with Crippen LogP contribution in [0.4, 0.5) is 4.39 Å². The first kappa shape index (κ1) is 19.5. The number of rotatable bonds is 5. The lowest BCUT2D eigenvalue weighted by Gasteiger charge is -2.23. The zero-order valence-electron chi connectivity index (χ0n) is 16.0. The van der Waals surface area contributed by atoms with E-state index < -0.39 is 17.2 Å². The number of carbonyl (C=O) groups is 1. The molecular weight excluding hydrogens is 357 g/mol. The van der Waals surface area contributed by atoms with Gasteiger partial charge in [-0.2, -0.15) is 5.10 Å². The van der Waals surface area contributed by atoms with Gasteiger partial charge in [0.2, 0.25) is 5.43 Å². The largest absolute Gasteiger partial charge is 0.343 e. The van der Waals surface area contributed by atoms with Gasteiger partial charge in [0.05, 0.1) is 6.04 Å². The summed E-state index contributed by atoms with van der Waals surface area (Å²) in [4.78, 5) is 25.3. The van der Waals surface area contributed by atoms with Gasteiger partial charge < -0.3 is 5.32 Å². The molecule has 1 aromatic heterocycles. The fraction of sp³-hybridized carbons (Fsp3) is 0.227. The molecule has 6 heteroatoms. The maximum absolute atomic E-state index is 14.2. The molecule has 144 valence electrons. The number of halogens is 1. The van der Waals surface area contributed by atoms with E-state index in [0.717, 1.165) is 5.56 Å². The molecule has 0 bridgehead atoms. The second kappa shape index (κ2) is 8.17. The molecule has 0 fully saturated rings. The molecule has 3 aromatic rings. The molecule has 2 aromatic carbocycles. The Morgan fingerprint density at radius 2 is 1.71 bits per heavy atom. The molecule has 1 amide bonds. The van der Waals surface area contributed by atoms with Crippen molar-refractivity contribution in [3.63, 3.8) is 0 Å². The fourth-order valence-corrected chi connectivity index (χ4v) is 3.08. The topological polar surface area (TPSA) is 64.0 Å². The van der Waals surface area contributed by atoms with E-state index in [-0.39, 0.29) is 23.3 Å². The van der Waals surface area contributed by atoms with Crippen molar-refractivity contribution < 1.29 is 9.18 Å². The van der Waals surface area contributed by atoms with E-state index >= 15 is 0 Å². The molecule has 28 heavy (non-hydrogen) atoms. The van der Waals surface area contributed by atoms with E-state index in [9.17, 15) is 14.0 Å². The van der Waals surface area contributed by atoms with Crippen molar-refractivity contribution in [2.75, 3.05) is 0 Å². The number of nitrogens with one attached hydrogen (secondary N) is 1. The lowest BCUT2D eigenvalue weighted by molar-refractivity contribution is 0.0917. The van der Waals surface area contributed by atoms with Gasteiger partial charge >= 0.3 is 0 Å². The monoisotopic (exact) mass is 379 g/mol. The highest BCUT2D eigenvalue weighted by atomic mass is 19.1. The lowest BCUT2D eigenvalue weighted by atomic mass is 9.96. The maximum Gasteiger partial charge on any atom is 0.276 e. The second-order valence-electron chi connectivity index (χ2n) is 6.97. The zero-order valence-corrected chi connectivity index (χ0v) is 16.0. The Morgan fingerprint density at radius 3 is 2.36 bits per heavy atom. The number of aryl methyl sites for hydroxylation is 1. The van der Waals surface area contributed by atoms with Gasteiger partial charge in [0, 0.05) is 11.8 Å². The first-order valence-corrected chi connectivity index (χ1v) is 9.10. The zero-order chi connectivity index (χ0) is 20.3. The normalized spacial score (nSPS) is 12.0. The summed E-state index contributed by atoms with van der Waals surface area (Å²) in [5.74, 6) is -0.972. The molecule has 0 aliphatic rings. The predicted molar refractivity (Wildman–Crippen MR) is 106 cm³/mol. The van der Waals surface area contributed by atoms with Crippen molar-refractivity contribution in [1.82, 2.24) is 15.1 Å². The number of hydrogen-bond acceptors (Lipinski definition) is 3. The van der Waals surface area contributed by atoms with E-state index in [0.29, 0.717) is 5.69 Å². The quantitative estimate of drug-likeness (QED) is 0.733. The van der Waals surface area contributed by atoms with Gasteiger partial charge in [-0.05, 0) is 30.5 Å². The molecular formula is C22H22FN3O2. The lowest BCUT2D eigenvalue weighted by Crippen LogP contribution is -2.36. The van der Waals surface area contributed by atoms with Crippen LogP contribution in [-0.2, 0) is 0 Å². The van der Waals surface area contributed by atoms with Gasteiger partial charge in [-0.3, -0.25) is 9.59 Å². The molecule has 3 rings (SSSR count). The summed E-state index contributed by atoms with van der Waals surface area (Å²) in [6.07, 6.45) is 0. The number of para-hydroxylation sites is 1. The van der Waals surface area contributed by atoms with Crippen LogP contribution in [0.15, 0.2) is 65.5 Å². The third kappa shape index (κ3) is 4.01. The van der Waals surface area contributed by atoms with Gasteiger partial charge in [-0.25, -0.2) is 9.07 Å². The molecule has 1 unspecified atom stereocenters. The van der Waals surface area contributed by atoms with Crippen molar-refractivity contribution in [3.8, 4) is 5.69 Å². The van der Waals surface area contributed by atoms with Crippen molar-refractivity contribution in [1.29, 1.82) is 0 Å². The fourth-order valence-electron chi connectivity index (χ4n) is 3.08. The number of aromatic nitrogens is 2. The summed E-state index contributed by atoms with van der Waals surface area (Å²) in [7, 11) is 0. The van der Waals surface area contributed by atoms with Crippen molar-refractivity contribution in [2.24, 2.45) is 5.92 Å². The number of benzene rings is 2. The van der Waals surface area contributed by atoms with E-state index in [1.807, 2.05) is 44.2 Å². The van der Waals surface area contributed by atoms with Crippen molar-refractivity contribution >= 4 is 5.91 Å². The smallest absolute Gasteiger partial charge is 0.276 e. The number of hydrogen-bond donors (Lipinski definition) is 1. The second-order valence-corrected chi connectivity index (χ2v) is 6.97. The molecule has 1 N–H and O–H groups in total. The Labute approximate surface area is 162 Å². The Bertz CT molecular complexity index is 1050. The summed E-state index contributed by atoms with van der Waals surface area (Å²) in [5, 5.41) is 7.06. The number of amides is 1. The highest BCUT2D eigenvalue weighted by molar-refractivity contribution is 5.92. The average molecular weight is 379 g/mol. The molecule has 1 atom stereocenters. The summed E-state index contributed by atoms with van der Waals surface area (Å²) >= 11 is 0. The Balaban J connectivity index is 1.99. The minimum absolute atomic E-state index is 0.102. The number of carbonyl (C=O) groups excluding carboxylic acids is 1. The SMILES string of the molecule is Cc1cc(=O)c(C(=O)NC(c2ccccc2)C(C)C)nn1-c1ccccc1F. The standard InChI is InChI=1S/C22H22FN3O2/c1-14(2)20(16-9-5-4-6-10-16)24-22(28)21-19(27)13-15(3)26(25-21)18-12-8-7-11-17(18)23/h4-14,20H,1-3H3,(H,24,28). The van der Waals surface area contributed by atoms with Gasteiger partial charge in [-0.1, -0.05) is 56.3 Å². The van der Waals surface area contributed by atoms with Crippen LogP contribution in [0.1, 0.15) is 41.6 Å². The molecule has 0 spiro atoms.